The van der Waals surface area contributed by atoms with E-state index in [-0.39, 0.29) is 0 Å². The summed E-state index contributed by atoms with van der Waals surface area (Å²) < 4.78 is 0. The molecule has 0 aromatic rings. The number of amides is 1. The first kappa shape index (κ1) is 14.5. The van der Waals surface area contributed by atoms with Crippen LogP contribution in [0.1, 0.15) is 25.7 Å². The van der Waals surface area contributed by atoms with Crippen LogP contribution in [0, 0.1) is 0 Å². The van der Waals surface area contributed by atoms with Gasteiger partial charge in [-0.3, -0.25) is 14.6 Å². The minimum absolute atomic E-state index is 0.332. The highest BCUT2D eigenvalue weighted by Gasteiger charge is 2.21. The Hall–Kier alpha value is -0.870. The monoisotopic (exact) mass is 265 g/mol. The van der Waals surface area contributed by atoms with Crippen LogP contribution in [0.15, 0.2) is 12.7 Å². The lowest BCUT2D eigenvalue weighted by atomic mass is 10.2. The van der Waals surface area contributed by atoms with Crippen LogP contribution in [0.2, 0.25) is 0 Å². The number of hydrogen-bond acceptors (Lipinski definition) is 3. The molecular weight excluding hydrogens is 238 g/mol. The van der Waals surface area contributed by atoms with E-state index >= 15 is 0 Å². The summed E-state index contributed by atoms with van der Waals surface area (Å²) in [6, 6.07) is 0. The molecule has 0 radical (unpaired) electrons. The molecule has 19 heavy (non-hydrogen) atoms. The Balaban J connectivity index is 1.72. The number of rotatable bonds is 4. The average Bonchev–Trinajstić information content (AvgIpc) is 2.70. The number of nitrogens with zero attached hydrogens (tertiary/aromatic N) is 3. The Morgan fingerprint density at radius 2 is 1.47 bits per heavy atom. The molecule has 2 aliphatic rings. The minimum atomic E-state index is 0.332. The molecule has 4 heteroatoms. The lowest BCUT2D eigenvalue weighted by Crippen LogP contribution is -2.50. The van der Waals surface area contributed by atoms with Crippen molar-refractivity contribution >= 4 is 5.91 Å². The first-order chi connectivity index (χ1) is 9.29. The summed E-state index contributed by atoms with van der Waals surface area (Å²) in [5.74, 6) is 0.332. The first-order valence-electron chi connectivity index (χ1n) is 7.63. The summed E-state index contributed by atoms with van der Waals surface area (Å²) >= 11 is 0. The van der Waals surface area contributed by atoms with E-state index in [1.807, 2.05) is 6.08 Å². The molecule has 0 aromatic carbocycles. The molecule has 1 amide bonds. The third-order valence-corrected chi connectivity index (χ3v) is 4.17. The Morgan fingerprint density at radius 3 is 2.05 bits per heavy atom. The van der Waals surface area contributed by atoms with E-state index in [0.29, 0.717) is 12.5 Å². The molecule has 2 rings (SSSR count). The molecule has 0 atom stereocenters. The SMILES string of the molecule is C=CCN1CCN(CC(=O)N2CCCCCC2)CC1. The maximum atomic E-state index is 12.3. The molecule has 0 saturated carbocycles. The van der Waals surface area contributed by atoms with Gasteiger partial charge in [-0.1, -0.05) is 18.9 Å². The van der Waals surface area contributed by atoms with Crippen molar-refractivity contribution in [3.63, 3.8) is 0 Å². The van der Waals surface area contributed by atoms with Crippen LogP contribution in [0.3, 0.4) is 0 Å². The normalized spacial score (nSPS) is 23.1. The van der Waals surface area contributed by atoms with Crippen molar-refractivity contribution in [1.82, 2.24) is 14.7 Å². The number of hydrogen-bond donors (Lipinski definition) is 0. The van der Waals surface area contributed by atoms with Gasteiger partial charge < -0.3 is 4.90 Å². The fraction of sp³-hybridized carbons (Fsp3) is 0.800. The van der Waals surface area contributed by atoms with E-state index in [4.69, 9.17) is 0 Å². The second-order valence-corrected chi connectivity index (χ2v) is 5.66. The zero-order chi connectivity index (χ0) is 13.5. The van der Waals surface area contributed by atoms with E-state index in [9.17, 15) is 4.79 Å². The molecule has 2 aliphatic heterocycles. The Bertz CT molecular complexity index is 290. The molecule has 0 spiro atoms. The highest BCUT2D eigenvalue weighted by atomic mass is 16.2. The fourth-order valence-electron chi connectivity index (χ4n) is 2.92. The lowest BCUT2D eigenvalue weighted by Gasteiger charge is -2.34. The van der Waals surface area contributed by atoms with Crippen LogP contribution in [0.5, 0.6) is 0 Å². The van der Waals surface area contributed by atoms with Crippen LogP contribution in [-0.2, 0) is 4.79 Å². The quantitative estimate of drug-likeness (QED) is 0.715. The highest BCUT2D eigenvalue weighted by Crippen LogP contribution is 2.10. The maximum Gasteiger partial charge on any atom is 0.236 e. The fourth-order valence-corrected chi connectivity index (χ4v) is 2.92. The van der Waals surface area contributed by atoms with Gasteiger partial charge in [0.2, 0.25) is 5.91 Å². The van der Waals surface area contributed by atoms with Crippen LogP contribution in [0.4, 0.5) is 0 Å². The van der Waals surface area contributed by atoms with Crippen molar-refractivity contribution in [1.29, 1.82) is 0 Å². The third-order valence-electron chi connectivity index (χ3n) is 4.17. The summed E-state index contributed by atoms with van der Waals surface area (Å²) in [6.45, 7) is 11.4. The van der Waals surface area contributed by atoms with Gasteiger partial charge in [-0.2, -0.15) is 0 Å². The molecule has 0 unspecified atom stereocenters. The second-order valence-electron chi connectivity index (χ2n) is 5.66. The zero-order valence-corrected chi connectivity index (χ0v) is 12.0. The largest absolute Gasteiger partial charge is 0.342 e. The lowest BCUT2D eigenvalue weighted by molar-refractivity contribution is -0.132. The van der Waals surface area contributed by atoms with Gasteiger partial charge in [-0.15, -0.1) is 6.58 Å². The van der Waals surface area contributed by atoms with Crippen molar-refractivity contribution in [3.8, 4) is 0 Å². The van der Waals surface area contributed by atoms with Crippen molar-refractivity contribution in [2.75, 3.05) is 52.4 Å². The zero-order valence-electron chi connectivity index (χ0n) is 12.0. The maximum absolute atomic E-state index is 12.3. The van der Waals surface area contributed by atoms with E-state index in [1.165, 1.54) is 25.7 Å². The predicted octanol–water partition coefficient (Wildman–Crippen LogP) is 1.19. The second kappa shape index (κ2) is 7.65. The van der Waals surface area contributed by atoms with Gasteiger partial charge in [0.1, 0.15) is 0 Å². The van der Waals surface area contributed by atoms with E-state index < -0.39 is 0 Å². The summed E-state index contributed by atoms with van der Waals surface area (Å²) in [4.78, 5) is 19.0. The summed E-state index contributed by atoms with van der Waals surface area (Å²) in [5, 5.41) is 0. The van der Waals surface area contributed by atoms with E-state index in [1.54, 1.807) is 0 Å². The van der Waals surface area contributed by atoms with Gasteiger partial charge in [0, 0.05) is 45.8 Å². The topological polar surface area (TPSA) is 26.8 Å². The first-order valence-corrected chi connectivity index (χ1v) is 7.63. The number of piperazine rings is 1. The van der Waals surface area contributed by atoms with Crippen molar-refractivity contribution in [2.45, 2.75) is 25.7 Å². The van der Waals surface area contributed by atoms with Crippen LogP contribution >= 0.6 is 0 Å². The molecule has 0 aliphatic carbocycles. The molecule has 0 aromatic heterocycles. The average molecular weight is 265 g/mol. The molecule has 2 heterocycles. The summed E-state index contributed by atoms with van der Waals surface area (Å²) in [5.41, 5.74) is 0. The highest BCUT2D eigenvalue weighted by molar-refractivity contribution is 5.78. The van der Waals surface area contributed by atoms with Crippen LogP contribution < -0.4 is 0 Å². The Kier molecular flexibility index (Phi) is 5.86. The van der Waals surface area contributed by atoms with E-state index in [2.05, 4.69) is 21.3 Å². The molecule has 0 N–H and O–H groups in total. The molecule has 0 bridgehead atoms. The number of likely N-dealkylation sites (tertiary alicyclic amines) is 1. The predicted molar refractivity (Wildman–Crippen MR) is 78.1 cm³/mol. The van der Waals surface area contributed by atoms with Gasteiger partial charge in [-0.25, -0.2) is 0 Å². The smallest absolute Gasteiger partial charge is 0.236 e. The molecular formula is C15H27N3O. The Labute approximate surface area is 117 Å². The molecule has 2 fully saturated rings. The molecule has 2 saturated heterocycles. The minimum Gasteiger partial charge on any atom is -0.342 e. The van der Waals surface area contributed by atoms with Crippen LogP contribution in [0.25, 0.3) is 0 Å². The van der Waals surface area contributed by atoms with Crippen molar-refractivity contribution < 1.29 is 4.79 Å². The third kappa shape index (κ3) is 4.62. The molecule has 108 valence electrons. The molecule has 4 nitrogen and oxygen atoms in total. The van der Waals surface area contributed by atoms with Gasteiger partial charge in [0.15, 0.2) is 0 Å². The number of carbonyl (C=O) groups is 1. The van der Waals surface area contributed by atoms with Gasteiger partial charge in [0.05, 0.1) is 6.54 Å². The van der Waals surface area contributed by atoms with Crippen LogP contribution in [-0.4, -0.2) is 73.0 Å². The van der Waals surface area contributed by atoms with Gasteiger partial charge in [0.25, 0.3) is 0 Å². The summed E-state index contributed by atoms with van der Waals surface area (Å²) in [6.07, 6.45) is 6.88. The van der Waals surface area contributed by atoms with Crippen molar-refractivity contribution in [3.05, 3.63) is 12.7 Å². The Morgan fingerprint density at radius 1 is 0.895 bits per heavy atom. The van der Waals surface area contributed by atoms with Gasteiger partial charge >= 0.3 is 0 Å². The number of carbonyl (C=O) groups excluding carboxylic acids is 1. The standard InChI is InChI=1S/C15H27N3O/c1-2-7-16-10-12-17(13-11-16)14-15(19)18-8-5-3-4-6-9-18/h2H,1,3-14H2. The van der Waals surface area contributed by atoms with Crippen molar-refractivity contribution in [2.24, 2.45) is 0 Å². The van der Waals surface area contributed by atoms with Gasteiger partial charge in [-0.05, 0) is 12.8 Å². The summed E-state index contributed by atoms with van der Waals surface area (Å²) in [7, 11) is 0. The van der Waals surface area contributed by atoms with E-state index in [0.717, 1.165) is 45.8 Å².